The van der Waals surface area contributed by atoms with Gasteiger partial charge in [-0.3, -0.25) is 4.72 Å². The van der Waals surface area contributed by atoms with Gasteiger partial charge in [-0.05, 0) is 36.4 Å². The number of nitrogens with one attached hydrogen (secondary N) is 1. The molecule has 2 aromatic carbocycles. The molecule has 0 aliphatic heterocycles. The van der Waals surface area contributed by atoms with E-state index < -0.39 is 10.0 Å². The highest BCUT2D eigenvalue weighted by Crippen LogP contribution is 2.26. The Bertz CT molecular complexity index is 727. The molecule has 0 atom stereocenters. The van der Waals surface area contributed by atoms with E-state index >= 15 is 0 Å². The Morgan fingerprint density at radius 3 is 2.24 bits per heavy atom. The lowest BCUT2D eigenvalue weighted by molar-refractivity contribution is 0.414. The van der Waals surface area contributed by atoms with Crippen LogP contribution in [0.1, 0.15) is 0 Å². The van der Waals surface area contributed by atoms with Crippen molar-refractivity contribution in [3.8, 4) is 11.5 Å². The van der Waals surface area contributed by atoms with Gasteiger partial charge in [-0.25, -0.2) is 8.42 Å². The van der Waals surface area contributed by atoms with Crippen LogP contribution in [0.3, 0.4) is 0 Å². The third-order valence-corrected chi connectivity index (χ3v) is 4.25. The Kier molecular flexibility index (Phi) is 4.23. The summed E-state index contributed by atoms with van der Waals surface area (Å²) in [5, 5.41) is 0. The van der Waals surface area contributed by atoms with Crippen molar-refractivity contribution in [1.82, 2.24) is 0 Å². The van der Waals surface area contributed by atoms with Crippen molar-refractivity contribution in [2.24, 2.45) is 0 Å². The van der Waals surface area contributed by atoms with Crippen LogP contribution in [0.4, 0.5) is 11.4 Å². The average molecular weight is 308 g/mol. The third-order valence-electron chi connectivity index (χ3n) is 2.86. The van der Waals surface area contributed by atoms with Crippen LogP contribution in [-0.2, 0) is 10.0 Å². The molecule has 0 amide bonds. The van der Waals surface area contributed by atoms with Gasteiger partial charge in [0.05, 0.1) is 30.5 Å². The maximum Gasteiger partial charge on any atom is 0.261 e. The van der Waals surface area contributed by atoms with Gasteiger partial charge in [0.15, 0.2) is 0 Å². The van der Waals surface area contributed by atoms with Gasteiger partial charge in [0.25, 0.3) is 10.0 Å². The summed E-state index contributed by atoms with van der Waals surface area (Å²) in [7, 11) is -0.696. The molecule has 2 rings (SSSR count). The number of methoxy groups -OCH3 is 2. The van der Waals surface area contributed by atoms with Crippen LogP contribution in [-0.4, -0.2) is 22.6 Å². The van der Waals surface area contributed by atoms with E-state index in [1.54, 1.807) is 24.3 Å². The fourth-order valence-electron chi connectivity index (χ4n) is 1.74. The molecule has 0 aromatic heterocycles. The van der Waals surface area contributed by atoms with Crippen molar-refractivity contribution in [2.45, 2.75) is 4.90 Å². The standard InChI is InChI=1S/C14H16N2O4S/c1-19-11-4-6-12(7-5-11)21(17,18)16-10-3-8-13(15)14(9-10)20-2/h3-9,16H,15H2,1-2H3. The predicted molar refractivity (Wildman–Crippen MR) is 81.2 cm³/mol. The zero-order valence-electron chi connectivity index (χ0n) is 11.7. The summed E-state index contributed by atoms with van der Waals surface area (Å²) in [6.07, 6.45) is 0. The average Bonchev–Trinajstić information content (AvgIpc) is 2.49. The van der Waals surface area contributed by atoms with Gasteiger partial charge in [-0.15, -0.1) is 0 Å². The molecule has 0 aliphatic rings. The fraction of sp³-hybridized carbons (Fsp3) is 0.143. The van der Waals surface area contributed by atoms with E-state index in [0.29, 0.717) is 22.9 Å². The lowest BCUT2D eigenvalue weighted by Gasteiger charge is -2.11. The Hall–Kier alpha value is -2.41. The predicted octanol–water partition coefficient (Wildman–Crippen LogP) is 2.09. The van der Waals surface area contributed by atoms with E-state index in [4.69, 9.17) is 15.2 Å². The van der Waals surface area contributed by atoms with Crippen molar-refractivity contribution >= 4 is 21.4 Å². The van der Waals surface area contributed by atoms with Crippen molar-refractivity contribution in [3.05, 3.63) is 42.5 Å². The highest BCUT2D eigenvalue weighted by molar-refractivity contribution is 7.92. The molecule has 0 fully saturated rings. The number of sulfonamides is 1. The van der Waals surface area contributed by atoms with Crippen LogP contribution in [0.15, 0.2) is 47.4 Å². The van der Waals surface area contributed by atoms with Crippen molar-refractivity contribution in [1.29, 1.82) is 0 Å². The summed E-state index contributed by atoms with van der Waals surface area (Å²) in [4.78, 5) is 0.138. The normalized spacial score (nSPS) is 11.0. The number of hydrogen-bond donors (Lipinski definition) is 2. The first-order valence-electron chi connectivity index (χ1n) is 6.06. The molecule has 2 aromatic rings. The largest absolute Gasteiger partial charge is 0.497 e. The molecule has 0 radical (unpaired) electrons. The summed E-state index contributed by atoms with van der Waals surface area (Å²) in [6, 6.07) is 10.8. The minimum Gasteiger partial charge on any atom is -0.497 e. The van der Waals surface area contributed by atoms with Crippen molar-refractivity contribution in [2.75, 3.05) is 24.7 Å². The minimum atomic E-state index is -3.68. The van der Waals surface area contributed by atoms with E-state index in [-0.39, 0.29) is 4.90 Å². The molecule has 21 heavy (non-hydrogen) atoms. The molecule has 0 bridgehead atoms. The molecule has 0 saturated carbocycles. The SMILES string of the molecule is COc1ccc(S(=O)(=O)Nc2ccc(N)c(OC)c2)cc1. The third kappa shape index (κ3) is 3.38. The van der Waals surface area contributed by atoms with Gasteiger partial charge in [0.1, 0.15) is 11.5 Å². The van der Waals surface area contributed by atoms with Gasteiger partial charge >= 0.3 is 0 Å². The number of benzene rings is 2. The Morgan fingerprint density at radius 1 is 1.00 bits per heavy atom. The molecule has 0 saturated heterocycles. The first kappa shape index (κ1) is 15.0. The number of nitrogen functional groups attached to an aromatic ring is 1. The minimum absolute atomic E-state index is 0.138. The summed E-state index contributed by atoms with van der Waals surface area (Å²) in [5.41, 5.74) is 6.50. The second-order valence-corrected chi connectivity index (χ2v) is 5.92. The van der Waals surface area contributed by atoms with Crippen LogP contribution in [0, 0.1) is 0 Å². The van der Waals surface area contributed by atoms with Crippen LogP contribution in [0.5, 0.6) is 11.5 Å². The van der Waals surface area contributed by atoms with Crippen LogP contribution in [0.2, 0.25) is 0 Å². The quantitative estimate of drug-likeness (QED) is 0.825. The fourth-order valence-corrected chi connectivity index (χ4v) is 2.79. The molecule has 0 heterocycles. The molecule has 3 N–H and O–H groups in total. The van der Waals surface area contributed by atoms with Gasteiger partial charge < -0.3 is 15.2 Å². The molecule has 6 nitrogen and oxygen atoms in total. The first-order valence-corrected chi connectivity index (χ1v) is 7.55. The van der Waals surface area contributed by atoms with Crippen molar-refractivity contribution < 1.29 is 17.9 Å². The summed E-state index contributed by atoms with van der Waals surface area (Å²) in [5.74, 6) is 0.994. The highest BCUT2D eigenvalue weighted by atomic mass is 32.2. The molecule has 112 valence electrons. The zero-order chi connectivity index (χ0) is 15.5. The molecule has 0 unspecified atom stereocenters. The smallest absolute Gasteiger partial charge is 0.261 e. The Morgan fingerprint density at radius 2 is 1.67 bits per heavy atom. The first-order chi connectivity index (χ1) is 9.96. The maximum absolute atomic E-state index is 12.3. The molecular weight excluding hydrogens is 292 g/mol. The van der Waals surface area contributed by atoms with Crippen LogP contribution < -0.4 is 19.9 Å². The number of hydrogen-bond acceptors (Lipinski definition) is 5. The van der Waals surface area contributed by atoms with E-state index in [2.05, 4.69) is 4.72 Å². The van der Waals surface area contributed by atoms with Crippen LogP contribution in [0.25, 0.3) is 0 Å². The second-order valence-electron chi connectivity index (χ2n) is 4.24. The monoisotopic (exact) mass is 308 g/mol. The van der Waals surface area contributed by atoms with Gasteiger partial charge in [-0.2, -0.15) is 0 Å². The van der Waals surface area contributed by atoms with E-state index in [0.717, 1.165) is 0 Å². The molecule has 7 heteroatoms. The summed E-state index contributed by atoms with van der Waals surface area (Å²) < 4.78 is 37.1. The second kappa shape index (κ2) is 5.92. The van der Waals surface area contributed by atoms with Crippen LogP contribution >= 0.6 is 0 Å². The topological polar surface area (TPSA) is 90.7 Å². The molecule has 0 spiro atoms. The van der Waals surface area contributed by atoms with E-state index in [1.807, 2.05) is 0 Å². The molecular formula is C14H16N2O4S. The Labute approximate surface area is 123 Å². The number of rotatable bonds is 5. The molecule has 0 aliphatic carbocycles. The lowest BCUT2D eigenvalue weighted by Crippen LogP contribution is -2.13. The van der Waals surface area contributed by atoms with E-state index in [9.17, 15) is 8.42 Å². The highest BCUT2D eigenvalue weighted by Gasteiger charge is 2.15. The van der Waals surface area contributed by atoms with Crippen molar-refractivity contribution in [3.63, 3.8) is 0 Å². The Balaban J connectivity index is 2.28. The zero-order valence-corrected chi connectivity index (χ0v) is 12.5. The number of nitrogens with two attached hydrogens (primary N) is 1. The number of anilines is 2. The summed E-state index contributed by atoms with van der Waals surface area (Å²) in [6.45, 7) is 0. The lowest BCUT2D eigenvalue weighted by atomic mass is 10.2. The number of ether oxygens (including phenoxy) is 2. The maximum atomic E-state index is 12.3. The summed E-state index contributed by atoms with van der Waals surface area (Å²) >= 11 is 0. The van der Waals surface area contributed by atoms with E-state index in [1.165, 1.54) is 32.4 Å². The van der Waals surface area contributed by atoms with Gasteiger partial charge in [0, 0.05) is 6.07 Å². The van der Waals surface area contributed by atoms with Gasteiger partial charge in [0.2, 0.25) is 0 Å². The van der Waals surface area contributed by atoms with Gasteiger partial charge in [-0.1, -0.05) is 0 Å².